The molecule has 7 heteroatoms. The maximum atomic E-state index is 12.1. The molecule has 3 rings (SSSR count). The minimum atomic E-state index is -2.92. The number of nitrogens with two attached hydrogens (primary N) is 1. The standard InChI is InChI=1S/C13H18N2O3S2/c14-10-8-11(19-13(10)12(16)9-2-3-9)15-4-1-6-20(17,18)7-5-15/h8-9H,1-7,14H2. The van der Waals surface area contributed by atoms with E-state index in [2.05, 4.69) is 0 Å². The molecule has 0 bridgehead atoms. The van der Waals surface area contributed by atoms with Gasteiger partial charge in [-0.15, -0.1) is 11.3 Å². The Kier molecular flexibility index (Phi) is 3.50. The molecule has 1 aliphatic heterocycles. The first-order chi connectivity index (χ1) is 9.46. The van der Waals surface area contributed by atoms with E-state index in [1.54, 1.807) is 0 Å². The van der Waals surface area contributed by atoms with Crippen molar-refractivity contribution in [1.82, 2.24) is 0 Å². The summed E-state index contributed by atoms with van der Waals surface area (Å²) in [7, 11) is -2.92. The number of anilines is 2. The summed E-state index contributed by atoms with van der Waals surface area (Å²) in [6, 6.07) is 1.82. The van der Waals surface area contributed by atoms with Gasteiger partial charge in [-0.2, -0.15) is 0 Å². The molecule has 110 valence electrons. The molecule has 1 saturated heterocycles. The van der Waals surface area contributed by atoms with Crippen LogP contribution < -0.4 is 10.6 Å². The van der Waals surface area contributed by atoms with Gasteiger partial charge < -0.3 is 10.6 Å². The fraction of sp³-hybridized carbons (Fsp3) is 0.615. The first kappa shape index (κ1) is 13.9. The van der Waals surface area contributed by atoms with E-state index in [0.29, 0.717) is 30.1 Å². The number of thiophene rings is 1. The zero-order valence-corrected chi connectivity index (χ0v) is 12.8. The first-order valence-electron chi connectivity index (χ1n) is 6.85. The lowest BCUT2D eigenvalue weighted by Gasteiger charge is -2.19. The van der Waals surface area contributed by atoms with Crippen molar-refractivity contribution in [3.8, 4) is 0 Å². The molecule has 1 saturated carbocycles. The minimum Gasteiger partial charge on any atom is -0.397 e. The quantitative estimate of drug-likeness (QED) is 0.856. The second kappa shape index (κ2) is 5.04. The molecule has 1 aromatic rings. The Labute approximate surface area is 122 Å². The average Bonchev–Trinajstić information content (AvgIpc) is 3.17. The Bertz CT molecular complexity index is 632. The molecule has 2 N–H and O–H groups in total. The van der Waals surface area contributed by atoms with Crippen LogP contribution in [0.5, 0.6) is 0 Å². The van der Waals surface area contributed by atoms with Crippen molar-refractivity contribution in [2.45, 2.75) is 19.3 Å². The summed E-state index contributed by atoms with van der Waals surface area (Å²) in [6.07, 6.45) is 2.56. The van der Waals surface area contributed by atoms with Gasteiger partial charge >= 0.3 is 0 Å². The number of rotatable bonds is 3. The second-order valence-corrected chi connectivity index (χ2v) is 8.83. The third-order valence-corrected chi connectivity index (χ3v) is 6.73. The molecule has 2 fully saturated rings. The number of Topliss-reactive ketones (excluding diaryl/α,β-unsaturated/α-hetero) is 1. The van der Waals surface area contributed by atoms with Gasteiger partial charge in [0, 0.05) is 19.0 Å². The van der Waals surface area contributed by atoms with Crippen molar-refractivity contribution in [2.75, 3.05) is 35.2 Å². The molecule has 0 aromatic carbocycles. The van der Waals surface area contributed by atoms with Gasteiger partial charge in [-0.1, -0.05) is 0 Å². The van der Waals surface area contributed by atoms with Crippen LogP contribution in [0.1, 0.15) is 28.9 Å². The van der Waals surface area contributed by atoms with Crippen molar-refractivity contribution in [3.63, 3.8) is 0 Å². The Morgan fingerprint density at radius 1 is 1.30 bits per heavy atom. The van der Waals surface area contributed by atoms with Crippen molar-refractivity contribution >= 4 is 37.6 Å². The SMILES string of the molecule is Nc1cc(N2CCCS(=O)(=O)CC2)sc1C(=O)C1CC1. The van der Waals surface area contributed by atoms with Crippen molar-refractivity contribution < 1.29 is 13.2 Å². The molecule has 0 radical (unpaired) electrons. The Morgan fingerprint density at radius 2 is 2.05 bits per heavy atom. The molecule has 0 atom stereocenters. The minimum absolute atomic E-state index is 0.154. The fourth-order valence-corrected chi connectivity index (χ4v) is 4.85. The lowest BCUT2D eigenvalue weighted by Crippen LogP contribution is -2.25. The highest BCUT2D eigenvalue weighted by Crippen LogP contribution is 2.40. The lowest BCUT2D eigenvalue weighted by molar-refractivity contribution is 0.0972. The highest BCUT2D eigenvalue weighted by atomic mass is 32.2. The van der Waals surface area contributed by atoms with Gasteiger partial charge in [0.05, 0.1) is 27.1 Å². The molecule has 1 aliphatic carbocycles. The number of sulfone groups is 1. The van der Waals surface area contributed by atoms with Crippen LogP contribution in [0.25, 0.3) is 0 Å². The third-order valence-electron chi connectivity index (χ3n) is 3.79. The zero-order valence-electron chi connectivity index (χ0n) is 11.2. The van der Waals surface area contributed by atoms with Crippen LogP contribution in [0.4, 0.5) is 10.7 Å². The molecule has 0 unspecified atom stereocenters. The molecule has 2 aliphatic rings. The van der Waals surface area contributed by atoms with Gasteiger partial charge in [0.15, 0.2) is 15.6 Å². The number of carbonyl (C=O) groups is 1. The van der Waals surface area contributed by atoms with Crippen LogP contribution in [0.15, 0.2) is 6.07 Å². The Balaban J connectivity index is 1.80. The van der Waals surface area contributed by atoms with Gasteiger partial charge in [-0.3, -0.25) is 4.79 Å². The third kappa shape index (κ3) is 2.83. The van der Waals surface area contributed by atoms with Gasteiger partial charge in [-0.05, 0) is 25.3 Å². The summed E-state index contributed by atoms with van der Waals surface area (Å²) in [5, 5.41) is 0.920. The average molecular weight is 314 g/mol. The van der Waals surface area contributed by atoms with Crippen molar-refractivity contribution in [3.05, 3.63) is 10.9 Å². The van der Waals surface area contributed by atoms with Gasteiger partial charge in [-0.25, -0.2) is 8.42 Å². The van der Waals surface area contributed by atoms with E-state index >= 15 is 0 Å². The van der Waals surface area contributed by atoms with Gasteiger partial charge in [0.2, 0.25) is 0 Å². The van der Waals surface area contributed by atoms with Crippen LogP contribution in [0.2, 0.25) is 0 Å². The fourth-order valence-electron chi connectivity index (χ4n) is 2.43. The van der Waals surface area contributed by atoms with Crippen molar-refractivity contribution in [2.24, 2.45) is 5.92 Å². The largest absolute Gasteiger partial charge is 0.397 e. The van der Waals surface area contributed by atoms with E-state index in [1.165, 1.54) is 11.3 Å². The van der Waals surface area contributed by atoms with Gasteiger partial charge in [0.25, 0.3) is 0 Å². The predicted molar refractivity (Wildman–Crippen MR) is 81.3 cm³/mol. The van der Waals surface area contributed by atoms with Crippen LogP contribution >= 0.6 is 11.3 Å². The molecule has 20 heavy (non-hydrogen) atoms. The number of carbonyl (C=O) groups excluding carboxylic acids is 1. The second-order valence-electron chi connectivity index (χ2n) is 5.50. The van der Waals surface area contributed by atoms with E-state index in [-0.39, 0.29) is 23.2 Å². The smallest absolute Gasteiger partial charge is 0.178 e. The predicted octanol–water partition coefficient (Wildman–Crippen LogP) is 1.55. The number of hydrogen-bond acceptors (Lipinski definition) is 6. The molecule has 1 aromatic heterocycles. The molecule has 0 spiro atoms. The highest BCUT2D eigenvalue weighted by Gasteiger charge is 2.33. The number of ketones is 1. The summed E-state index contributed by atoms with van der Waals surface area (Å²) < 4.78 is 23.2. The summed E-state index contributed by atoms with van der Waals surface area (Å²) in [4.78, 5) is 14.8. The number of nitrogen functional groups attached to an aromatic ring is 1. The van der Waals surface area contributed by atoms with E-state index in [9.17, 15) is 13.2 Å². The molecular weight excluding hydrogens is 296 g/mol. The number of hydrogen-bond donors (Lipinski definition) is 1. The summed E-state index contributed by atoms with van der Waals surface area (Å²) in [5.74, 6) is 0.740. The highest BCUT2D eigenvalue weighted by molar-refractivity contribution is 7.91. The first-order valence-corrected chi connectivity index (χ1v) is 9.49. The molecule has 0 amide bonds. The van der Waals surface area contributed by atoms with Crippen LogP contribution in [-0.4, -0.2) is 38.8 Å². The van der Waals surface area contributed by atoms with E-state index in [4.69, 9.17) is 5.73 Å². The summed E-state index contributed by atoms with van der Waals surface area (Å²) in [6.45, 7) is 1.19. The van der Waals surface area contributed by atoms with Crippen LogP contribution in [0, 0.1) is 5.92 Å². The molecule has 5 nitrogen and oxygen atoms in total. The van der Waals surface area contributed by atoms with Crippen molar-refractivity contribution in [1.29, 1.82) is 0 Å². The summed E-state index contributed by atoms with van der Waals surface area (Å²) in [5.41, 5.74) is 6.49. The van der Waals surface area contributed by atoms with E-state index in [0.717, 1.165) is 17.8 Å². The maximum Gasteiger partial charge on any atom is 0.178 e. The van der Waals surface area contributed by atoms with Crippen LogP contribution in [0.3, 0.4) is 0 Å². The molecular formula is C13H18N2O3S2. The monoisotopic (exact) mass is 314 g/mol. The molecule has 2 heterocycles. The topological polar surface area (TPSA) is 80.5 Å². The Morgan fingerprint density at radius 3 is 2.75 bits per heavy atom. The van der Waals surface area contributed by atoms with Crippen LogP contribution in [-0.2, 0) is 9.84 Å². The summed E-state index contributed by atoms with van der Waals surface area (Å²) >= 11 is 1.41. The maximum absolute atomic E-state index is 12.1. The lowest BCUT2D eigenvalue weighted by atomic mass is 10.2. The normalized spacial score (nSPS) is 22.5. The Hall–Kier alpha value is -1.08. The van der Waals surface area contributed by atoms with Gasteiger partial charge in [0.1, 0.15) is 0 Å². The van der Waals surface area contributed by atoms with E-state index in [1.807, 2.05) is 11.0 Å². The zero-order chi connectivity index (χ0) is 14.3. The number of nitrogens with zero attached hydrogens (tertiary/aromatic N) is 1. The van der Waals surface area contributed by atoms with E-state index < -0.39 is 9.84 Å².